The average Bonchev–Trinajstić information content (AvgIpc) is 2.30. The van der Waals surface area contributed by atoms with Gasteiger partial charge in [0.15, 0.2) is 0 Å². The molecule has 0 heterocycles. The third-order valence-corrected chi connectivity index (χ3v) is 2.67. The molecule has 1 rings (SSSR count). The molecule has 0 radical (unpaired) electrons. The Hall–Kier alpha value is -0.330. The van der Waals surface area contributed by atoms with Gasteiger partial charge in [-0.15, -0.1) is 0 Å². The Morgan fingerprint density at radius 2 is 1.75 bits per heavy atom. The summed E-state index contributed by atoms with van der Waals surface area (Å²) in [6.45, 7) is 2.69. The van der Waals surface area contributed by atoms with Crippen molar-refractivity contribution >= 4 is 22.6 Å². The molecule has 0 spiro atoms. The summed E-state index contributed by atoms with van der Waals surface area (Å²) in [6.07, 6.45) is 0.931. The lowest BCUT2D eigenvalue weighted by Gasteiger charge is -2.07. The molecule has 1 aromatic rings. The van der Waals surface area contributed by atoms with Crippen molar-refractivity contribution in [2.24, 2.45) is 0 Å². The largest absolute Gasteiger partial charge is 0.491 e. The molecule has 4 heteroatoms. The lowest BCUT2D eigenvalue weighted by atomic mass is 10.3. The molecule has 90 valence electrons. The second-order valence-corrected chi connectivity index (χ2v) is 4.51. The third kappa shape index (κ3) is 6.30. The summed E-state index contributed by atoms with van der Waals surface area (Å²) in [5, 5.41) is 0. The zero-order chi connectivity index (χ0) is 11.6. The SMILES string of the molecule is COCCCOCCOc1ccc(I)cc1. The summed E-state index contributed by atoms with van der Waals surface area (Å²) in [5.41, 5.74) is 0. The van der Waals surface area contributed by atoms with Crippen molar-refractivity contribution in [3.63, 3.8) is 0 Å². The highest BCUT2D eigenvalue weighted by atomic mass is 127. The van der Waals surface area contributed by atoms with E-state index >= 15 is 0 Å². The van der Waals surface area contributed by atoms with Crippen LogP contribution in [0.15, 0.2) is 24.3 Å². The molecular weight excluding hydrogens is 319 g/mol. The zero-order valence-corrected chi connectivity index (χ0v) is 11.6. The van der Waals surface area contributed by atoms with Gasteiger partial charge in [-0.3, -0.25) is 0 Å². The van der Waals surface area contributed by atoms with Crippen LogP contribution in [0.3, 0.4) is 0 Å². The maximum absolute atomic E-state index is 5.51. The molecule has 0 fully saturated rings. The van der Waals surface area contributed by atoms with E-state index in [1.807, 2.05) is 24.3 Å². The molecule has 0 amide bonds. The van der Waals surface area contributed by atoms with Gasteiger partial charge in [0.2, 0.25) is 0 Å². The van der Waals surface area contributed by atoms with Crippen LogP contribution in [-0.4, -0.2) is 33.5 Å². The first-order valence-electron chi connectivity index (χ1n) is 5.28. The van der Waals surface area contributed by atoms with E-state index in [-0.39, 0.29) is 0 Å². The summed E-state index contributed by atoms with van der Waals surface area (Å²) in [6, 6.07) is 7.98. The number of methoxy groups -OCH3 is 1. The summed E-state index contributed by atoms with van der Waals surface area (Å²) < 4.78 is 17.0. The van der Waals surface area contributed by atoms with Crippen LogP contribution in [0.5, 0.6) is 5.75 Å². The van der Waals surface area contributed by atoms with Crippen LogP contribution in [0.4, 0.5) is 0 Å². The van der Waals surface area contributed by atoms with Gasteiger partial charge in [-0.05, 0) is 53.3 Å². The Morgan fingerprint density at radius 1 is 1.00 bits per heavy atom. The van der Waals surface area contributed by atoms with Crippen LogP contribution < -0.4 is 4.74 Å². The van der Waals surface area contributed by atoms with Gasteiger partial charge in [0, 0.05) is 23.9 Å². The lowest BCUT2D eigenvalue weighted by molar-refractivity contribution is 0.0806. The Bertz CT molecular complexity index is 274. The molecule has 0 bridgehead atoms. The van der Waals surface area contributed by atoms with Crippen molar-refractivity contribution in [3.8, 4) is 5.75 Å². The maximum Gasteiger partial charge on any atom is 0.119 e. The summed E-state index contributed by atoms with van der Waals surface area (Å²) in [7, 11) is 1.69. The standard InChI is InChI=1S/C12H17IO3/c1-14-7-2-8-15-9-10-16-12-5-3-11(13)4-6-12/h3-6H,2,7-10H2,1H3. The summed E-state index contributed by atoms with van der Waals surface area (Å²) in [5.74, 6) is 0.890. The molecule has 0 aliphatic rings. The van der Waals surface area contributed by atoms with Gasteiger partial charge in [0.05, 0.1) is 6.61 Å². The molecule has 3 nitrogen and oxygen atoms in total. The van der Waals surface area contributed by atoms with E-state index in [0.717, 1.165) is 25.4 Å². The number of hydrogen-bond donors (Lipinski definition) is 0. The Kier molecular flexibility index (Phi) is 7.54. The fourth-order valence-corrected chi connectivity index (χ4v) is 1.52. The zero-order valence-electron chi connectivity index (χ0n) is 9.45. The first-order chi connectivity index (χ1) is 7.83. The minimum Gasteiger partial charge on any atom is -0.491 e. The smallest absolute Gasteiger partial charge is 0.119 e. The number of rotatable bonds is 8. The molecular formula is C12H17IO3. The van der Waals surface area contributed by atoms with Crippen LogP contribution >= 0.6 is 22.6 Å². The van der Waals surface area contributed by atoms with E-state index in [1.54, 1.807) is 7.11 Å². The van der Waals surface area contributed by atoms with Gasteiger partial charge < -0.3 is 14.2 Å². The van der Waals surface area contributed by atoms with Gasteiger partial charge in [0.1, 0.15) is 12.4 Å². The Balaban J connectivity index is 2.01. The van der Waals surface area contributed by atoms with Gasteiger partial charge >= 0.3 is 0 Å². The maximum atomic E-state index is 5.51. The second-order valence-electron chi connectivity index (χ2n) is 3.26. The van der Waals surface area contributed by atoms with Gasteiger partial charge in [0.25, 0.3) is 0 Å². The van der Waals surface area contributed by atoms with Crippen molar-refractivity contribution in [2.75, 3.05) is 33.5 Å². The molecule has 0 aliphatic carbocycles. The van der Waals surface area contributed by atoms with Crippen molar-refractivity contribution in [1.82, 2.24) is 0 Å². The molecule has 0 atom stereocenters. The van der Waals surface area contributed by atoms with E-state index in [1.165, 1.54) is 3.57 Å². The monoisotopic (exact) mass is 336 g/mol. The molecule has 0 aliphatic heterocycles. The number of hydrogen-bond acceptors (Lipinski definition) is 3. The number of benzene rings is 1. The van der Waals surface area contributed by atoms with Crippen LogP contribution in [0.2, 0.25) is 0 Å². The highest BCUT2D eigenvalue weighted by Gasteiger charge is 1.94. The minimum absolute atomic E-state index is 0.591. The Labute approximate surface area is 110 Å². The van der Waals surface area contributed by atoms with Gasteiger partial charge in [-0.1, -0.05) is 0 Å². The third-order valence-electron chi connectivity index (χ3n) is 1.95. The normalized spacial score (nSPS) is 10.4. The number of halogens is 1. The van der Waals surface area contributed by atoms with E-state index in [4.69, 9.17) is 14.2 Å². The second kappa shape index (κ2) is 8.78. The molecule has 1 aromatic carbocycles. The van der Waals surface area contributed by atoms with Crippen molar-refractivity contribution < 1.29 is 14.2 Å². The average molecular weight is 336 g/mol. The first-order valence-corrected chi connectivity index (χ1v) is 6.36. The molecule has 0 saturated heterocycles. The van der Waals surface area contributed by atoms with E-state index in [9.17, 15) is 0 Å². The molecule has 0 N–H and O–H groups in total. The minimum atomic E-state index is 0.591. The highest BCUT2D eigenvalue weighted by molar-refractivity contribution is 14.1. The molecule has 0 aromatic heterocycles. The van der Waals surface area contributed by atoms with E-state index < -0.39 is 0 Å². The quantitative estimate of drug-likeness (QED) is 0.540. The van der Waals surface area contributed by atoms with Crippen LogP contribution in [0.25, 0.3) is 0 Å². The number of ether oxygens (including phenoxy) is 3. The molecule has 0 saturated carbocycles. The van der Waals surface area contributed by atoms with E-state index in [2.05, 4.69) is 22.6 Å². The van der Waals surface area contributed by atoms with Crippen molar-refractivity contribution in [2.45, 2.75) is 6.42 Å². The fraction of sp³-hybridized carbons (Fsp3) is 0.500. The fourth-order valence-electron chi connectivity index (χ4n) is 1.16. The predicted molar refractivity (Wildman–Crippen MR) is 72.0 cm³/mol. The predicted octanol–water partition coefficient (Wildman–Crippen LogP) is 2.72. The van der Waals surface area contributed by atoms with Crippen molar-refractivity contribution in [1.29, 1.82) is 0 Å². The highest BCUT2D eigenvalue weighted by Crippen LogP contribution is 2.13. The van der Waals surface area contributed by atoms with Crippen molar-refractivity contribution in [3.05, 3.63) is 27.8 Å². The van der Waals surface area contributed by atoms with Crippen LogP contribution in [0.1, 0.15) is 6.42 Å². The Morgan fingerprint density at radius 3 is 2.44 bits per heavy atom. The summed E-state index contributed by atoms with van der Waals surface area (Å²) in [4.78, 5) is 0. The molecule has 16 heavy (non-hydrogen) atoms. The topological polar surface area (TPSA) is 27.7 Å². The summed E-state index contributed by atoms with van der Waals surface area (Å²) >= 11 is 2.27. The van der Waals surface area contributed by atoms with Crippen LogP contribution in [0, 0.1) is 3.57 Å². The lowest BCUT2D eigenvalue weighted by Crippen LogP contribution is -2.08. The molecule has 0 unspecified atom stereocenters. The first kappa shape index (κ1) is 13.7. The van der Waals surface area contributed by atoms with E-state index in [0.29, 0.717) is 13.2 Å². The van der Waals surface area contributed by atoms with Crippen LogP contribution in [-0.2, 0) is 9.47 Å². The van der Waals surface area contributed by atoms with Gasteiger partial charge in [-0.25, -0.2) is 0 Å². The van der Waals surface area contributed by atoms with Gasteiger partial charge in [-0.2, -0.15) is 0 Å².